The zero-order chi connectivity index (χ0) is 21.7. The molecule has 0 saturated carbocycles. The zero-order valence-corrected chi connectivity index (χ0v) is 18.0. The Hall–Kier alpha value is -2.51. The lowest BCUT2D eigenvalue weighted by molar-refractivity contribution is -0.168. The molecule has 7 nitrogen and oxygen atoms in total. The minimum atomic E-state index is -0.631. The third-order valence-corrected chi connectivity index (χ3v) is 4.71. The molecule has 1 atom stereocenters. The van der Waals surface area contributed by atoms with Crippen LogP contribution in [-0.4, -0.2) is 35.4 Å². The number of hydrogen-bond donors (Lipinski definition) is 0. The maximum Gasteiger partial charge on any atom is 0.314 e. The molecule has 1 aromatic carbocycles. The Morgan fingerprint density at radius 1 is 1.23 bits per heavy atom. The molecule has 1 unspecified atom stereocenters. The van der Waals surface area contributed by atoms with E-state index in [2.05, 4.69) is 5.16 Å². The summed E-state index contributed by atoms with van der Waals surface area (Å²) in [6.07, 6.45) is 2.48. The molecule has 1 aliphatic rings. The number of nitrogens with zero attached hydrogens (tertiary/aromatic N) is 1. The van der Waals surface area contributed by atoms with Crippen LogP contribution in [0.1, 0.15) is 68.1 Å². The molecule has 1 fully saturated rings. The fourth-order valence-electron chi connectivity index (χ4n) is 3.25. The number of hydrogen-bond acceptors (Lipinski definition) is 7. The average Bonchev–Trinajstić information content (AvgIpc) is 3.06. The number of aryl methyl sites for hydroxylation is 1. The van der Waals surface area contributed by atoms with Gasteiger partial charge in [0.2, 0.25) is 0 Å². The molecule has 30 heavy (non-hydrogen) atoms. The van der Waals surface area contributed by atoms with Gasteiger partial charge in [-0.25, -0.2) is 0 Å². The third-order valence-electron chi connectivity index (χ3n) is 4.71. The first-order valence-electron chi connectivity index (χ1n) is 10.3. The molecule has 1 aromatic heterocycles. The topological polar surface area (TPSA) is 87.9 Å². The van der Waals surface area contributed by atoms with Crippen molar-refractivity contribution < 1.29 is 28.3 Å². The lowest BCUT2D eigenvalue weighted by Crippen LogP contribution is -2.25. The monoisotopic (exact) mass is 415 g/mol. The van der Waals surface area contributed by atoms with Gasteiger partial charge in [0.15, 0.2) is 17.8 Å². The van der Waals surface area contributed by atoms with Crippen LogP contribution in [-0.2, 0) is 25.6 Å². The molecule has 0 bridgehead atoms. The molecule has 7 heteroatoms. The second kappa shape index (κ2) is 9.53. The molecule has 0 aliphatic carbocycles. The Bertz CT molecular complexity index is 889. The van der Waals surface area contributed by atoms with E-state index < -0.39 is 11.6 Å². The molecule has 162 valence electrons. The van der Waals surface area contributed by atoms with Gasteiger partial charge in [0.25, 0.3) is 0 Å². The van der Waals surface area contributed by atoms with Crippen LogP contribution in [0.5, 0.6) is 0 Å². The van der Waals surface area contributed by atoms with Crippen LogP contribution < -0.4 is 0 Å². The highest BCUT2D eigenvalue weighted by Gasteiger charge is 2.22. The van der Waals surface area contributed by atoms with Crippen molar-refractivity contribution in [3.05, 3.63) is 41.1 Å². The van der Waals surface area contributed by atoms with Gasteiger partial charge in [-0.2, -0.15) is 0 Å². The second-order valence-electron chi connectivity index (χ2n) is 8.45. The first-order valence-corrected chi connectivity index (χ1v) is 10.3. The predicted molar refractivity (Wildman–Crippen MR) is 110 cm³/mol. The molecular formula is C23H29NO6. The van der Waals surface area contributed by atoms with Crippen LogP contribution in [0, 0.1) is 6.92 Å². The summed E-state index contributed by atoms with van der Waals surface area (Å²) in [7, 11) is 0. The summed E-state index contributed by atoms with van der Waals surface area (Å²) in [6, 6.07) is 6.97. The Labute approximate surface area is 176 Å². The van der Waals surface area contributed by atoms with Gasteiger partial charge >= 0.3 is 5.97 Å². The summed E-state index contributed by atoms with van der Waals surface area (Å²) < 4.78 is 22.3. The predicted octanol–water partition coefficient (Wildman–Crippen LogP) is 4.61. The molecular weight excluding hydrogens is 386 g/mol. The lowest BCUT2D eigenvalue weighted by Gasteiger charge is -2.22. The van der Waals surface area contributed by atoms with Crippen molar-refractivity contribution in [3.63, 3.8) is 0 Å². The van der Waals surface area contributed by atoms with Gasteiger partial charge < -0.3 is 18.7 Å². The molecule has 0 N–H and O–H groups in total. The minimum Gasteiger partial charge on any atom is -0.460 e. The van der Waals surface area contributed by atoms with Crippen molar-refractivity contribution in [2.24, 2.45) is 0 Å². The minimum absolute atomic E-state index is 0.220. The van der Waals surface area contributed by atoms with E-state index in [0.29, 0.717) is 30.1 Å². The second-order valence-corrected chi connectivity index (χ2v) is 8.45. The summed E-state index contributed by atoms with van der Waals surface area (Å²) in [5, 5.41) is 4.07. The van der Waals surface area contributed by atoms with Gasteiger partial charge in [0.05, 0.1) is 12.3 Å². The fourth-order valence-corrected chi connectivity index (χ4v) is 3.25. The first-order chi connectivity index (χ1) is 14.2. The van der Waals surface area contributed by atoms with Gasteiger partial charge in [-0.3, -0.25) is 9.59 Å². The van der Waals surface area contributed by atoms with Crippen LogP contribution in [0.25, 0.3) is 11.3 Å². The highest BCUT2D eigenvalue weighted by molar-refractivity contribution is 6.06. The number of ether oxygens (including phenoxy) is 3. The van der Waals surface area contributed by atoms with Crippen molar-refractivity contribution >= 4 is 11.8 Å². The van der Waals surface area contributed by atoms with Gasteiger partial charge in [-0.05, 0) is 53.0 Å². The number of ketones is 1. The summed E-state index contributed by atoms with van der Waals surface area (Å²) in [5.41, 5.74) is 2.03. The number of carbonyl (C=O) groups is 2. The fraction of sp³-hybridized carbons (Fsp3) is 0.522. The highest BCUT2D eigenvalue weighted by Crippen LogP contribution is 2.29. The van der Waals surface area contributed by atoms with Gasteiger partial charge in [-0.1, -0.05) is 23.4 Å². The summed E-state index contributed by atoms with van der Waals surface area (Å²) in [6.45, 7) is 8.18. The number of carbonyl (C=O) groups excluding carboxylic acids is 2. The molecule has 1 aliphatic heterocycles. The first kappa shape index (κ1) is 22.2. The van der Waals surface area contributed by atoms with Crippen molar-refractivity contribution in [3.8, 4) is 11.3 Å². The molecule has 0 amide bonds. The quantitative estimate of drug-likeness (QED) is 0.371. The van der Waals surface area contributed by atoms with E-state index in [0.717, 1.165) is 30.5 Å². The van der Waals surface area contributed by atoms with E-state index >= 15 is 0 Å². The highest BCUT2D eigenvalue weighted by atomic mass is 16.7. The standard InChI is InChI=1S/C23H29NO6/c1-15-18(14-28-21-10-5-6-11-27-21)22(30-24-15)17-9-7-8-16(12-17)19(25)13-20(26)29-23(2,3)4/h7-9,12,21H,5-6,10-11,13-14H2,1-4H3. The van der Waals surface area contributed by atoms with Gasteiger partial charge in [-0.15, -0.1) is 0 Å². The maximum atomic E-state index is 12.6. The Balaban J connectivity index is 1.72. The molecule has 0 spiro atoms. The van der Waals surface area contributed by atoms with E-state index in [1.165, 1.54) is 0 Å². The Morgan fingerprint density at radius 2 is 2.03 bits per heavy atom. The van der Waals surface area contributed by atoms with E-state index in [1.54, 1.807) is 39.0 Å². The molecule has 1 saturated heterocycles. The largest absolute Gasteiger partial charge is 0.460 e. The van der Waals surface area contributed by atoms with E-state index in [-0.39, 0.29) is 18.5 Å². The van der Waals surface area contributed by atoms with E-state index in [4.69, 9.17) is 18.7 Å². The molecule has 0 radical (unpaired) electrons. The van der Waals surface area contributed by atoms with Crippen molar-refractivity contribution in [1.82, 2.24) is 5.16 Å². The van der Waals surface area contributed by atoms with Crippen molar-refractivity contribution in [2.45, 2.75) is 71.9 Å². The Morgan fingerprint density at radius 3 is 2.73 bits per heavy atom. The van der Waals surface area contributed by atoms with Crippen LogP contribution in [0.4, 0.5) is 0 Å². The zero-order valence-electron chi connectivity index (χ0n) is 18.0. The lowest BCUT2D eigenvalue weighted by atomic mass is 10.0. The SMILES string of the molecule is Cc1noc(-c2cccc(C(=O)CC(=O)OC(C)(C)C)c2)c1COC1CCCCO1. The molecule has 2 heterocycles. The maximum absolute atomic E-state index is 12.6. The Kier molecular flexibility index (Phi) is 7.05. The summed E-state index contributed by atoms with van der Waals surface area (Å²) >= 11 is 0. The normalized spacial score (nSPS) is 17.0. The molecule has 3 rings (SSSR count). The van der Waals surface area contributed by atoms with Crippen LogP contribution >= 0.6 is 0 Å². The number of Topliss-reactive ketones (excluding diaryl/α,β-unsaturated/α-hetero) is 1. The number of rotatable bonds is 7. The summed E-state index contributed by atoms with van der Waals surface area (Å²) in [5.74, 6) is -0.305. The van der Waals surface area contributed by atoms with Crippen molar-refractivity contribution in [2.75, 3.05) is 6.61 Å². The number of aromatic nitrogens is 1. The summed E-state index contributed by atoms with van der Waals surface area (Å²) in [4.78, 5) is 24.5. The van der Waals surface area contributed by atoms with Crippen LogP contribution in [0.15, 0.2) is 28.8 Å². The molecule has 2 aromatic rings. The average molecular weight is 415 g/mol. The van der Waals surface area contributed by atoms with Gasteiger partial charge in [0, 0.05) is 23.3 Å². The number of benzene rings is 1. The smallest absolute Gasteiger partial charge is 0.314 e. The van der Waals surface area contributed by atoms with E-state index in [9.17, 15) is 9.59 Å². The van der Waals surface area contributed by atoms with Crippen LogP contribution in [0.3, 0.4) is 0 Å². The van der Waals surface area contributed by atoms with Gasteiger partial charge in [0.1, 0.15) is 12.0 Å². The third kappa shape index (κ3) is 6.00. The van der Waals surface area contributed by atoms with E-state index in [1.807, 2.05) is 13.0 Å². The van der Waals surface area contributed by atoms with Crippen molar-refractivity contribution in [1.29, 1.82) is 0 Å². The van der Waals surface area contributed by atoms with Crippen LogP contribution in [0.2, 0.25) is 0 Å². The number of esters is 1.